The van der Waals surface area contributed by atoms with E-state index in [0.29, 0.717) is 10.0 Å². The first-order valence-corrected chi connectivity index (χ1v) is 6.03. The molecule has 0 atom stereocenters. The fourth-order valence-corrected chi connectivity index (χ4v) is 2.21. The first kappa shape index (κ1) is 11.8. The van der Waals surface area contributed by atoms with Gasteiger partial charge in [-0.2, -0.15) is 0 Å². The molecule has 0 nitrogen and oxygen atoms in total. The van der Waals surface area contributed by atoms with Crippen LogP contribution in [0.5, 0.6) is 0 Å². The van der Waals surface area contributed by atoms with E-state index >= 15 is 0 Å². The van der Waals surface area contributed by atoms with Gasteiger partial charge in [0.15, 0.2) is 0 Å². The molecule has 0 saturated heterocycles. The molecule has 0 unspecified atom stereocenters. The van der Waals surface area contributed by atoms with Crippen molar-refractivity contribution in [3.05, 3.63) is 52.0 Å². The van der Waals surface area contributed by atoms with Crippen LogP contribution < -0.4 is 0 Å². The molecule has 0 fully saturated rings. The van der Waals surface area contributed by atoms with E-state index in [1.165, 1.54) is 0 Å². The van der Waals surface area contributed by atoms with Crippen molar-refractivity contribution in [2.45, 2.75) is 11.8 Å². The molecule has 2 aromatic carbocycles. The summed E-state index contributed by atoms with van der Waals surface area (Å²) in [6, 6.07) is 11.4. The molecule has 2 rings (SSSR count). The van der Waals surface area contributed by atoms with Gasteiger partial charge in [-0.3, -0.25) is 0 Å². The monoisotopic (exact) mass is 268 g/mol. The maximum Gasteiger partial charge on any atom is 0.0412 e. The lowest BCUT2D eigenvalue weighted by Crippen LogP contribution is -1.85. The molecule has 0 amide bonds. The first-order valence-electron chi connectivity index (χ1n) is 4.83. The molecule has 2 aromatic rings. The number of rotatable bonds is 1. The van der Waals surface area contributed by atoms with E-state index < -0.39 is 0 Å². The summed E-state index contributed by atoms with van der Waals surface area (Å²) in [5.74, 6) is 0. The molecule has 0 aromatic heterocycles. The first-order chi connectivity index (χ1) is 7.58. The minimum atomic E-state index is 0.701. The molecule has 0 radical (unpaired) electrons. The van der Waals surface area contributed by atoms with Gasteiger partial charge in [0, 0.05) is 14.9 Å². The summed E-state index contributed by atoms with van der Waals surface area (Å²) in [5, 5.41) is 1.42. The second kappa shape index (κ2) is 4.70. The van der Waals surface area contributed by atoms with Gasteiger partial charge in [0.1, 0.15) is 0 Å². The summed E-state index contributed by atoms with van der Waals surface area (Å²) in [7, 11) is 0. The highest BCUT2D eigenvalue weighted by atomic mass is 35.5. The Hall–Kier alpha value is -0.630. The van der Waals surface area contributed by atoms with Crippen LogP contribution in [0.15, 0.2) is 41.3 Å². The molecular weight excluding hydrogens is 259 g/mol. The minimum absolute atomic E-state index is 0.701. The van der Waals surface area contributed by atoms with Crippen molar-refractivity contribution >= 4 is 35.8 Å². The Bertz CT molecular complexity index is 486. The normalized spacial score (nSPS) is 10.5. The molecule has 82 valence electrons. The quantitative estimate of drug-likeness (QED) is 0.671. The van der Waals surface area contributed by atoms with Gasteiger partial charge < -0.3 is 0 Å². The average Bonchev–Trinajstić information content (AvgIpc) is 2.25. The number of hydrogen-bond donors (Lipinski definition) is 1. The van der Waals surface area contributed by atoms with Crippen molar-refractivity contribution in [3.8, 4) is 11.1 Å². The number of aryl methyl sites for hydroxylation is 1. The van der Waals surface area contributed by atoms with E-state index in [1.54, 1.807) is 0 Å². The third-order valence-corrected chi connectivity index (χ3v) is 3.31. The summed E-state index contributed by atoms with van der Waals surface area (Å²) < 4.78 is 0. The van der Waals surface area contributed by atoms with Crippen molar-refractivity contribution < 1.29 is 0 Å². The van der Waals surface area contributed by atoms with E-state index in [-0.39, 0.29) is 0 Å². The van der Waals surface area contributed by atoms with Gasteiger partial charge in [0.2, 0.25) is 0 Å². The standard InChI is InChI=1S/C13H10Cl2S/c1-8-2-3-9(14)6-11(8)12-7-10(15)4-5-13(12)16/h2-7,16H,1H3. The van der Waals surface area contributed by atoms with Gasteiger partial charge in [0.25, 0.3) is 0 Å². The maximum atomic E-state index is 6.00. The van der Waals surface area contributed by atoms with E-state index in [1.807, 2.05) is 43.3 Å². The molecule has 16 heavy (non-hydrogen) atoms. The average molecular weight is 269 g/mol. The summed E-state index contributed by atoms with van der Waals surface area (Å²) in [5.41, 5.74) is 3.23. The predicted molar refractivity (Wildman–Crippen MR) is 73.9 cm³/mol. The zero-order valence-corrected chi connectivity index (χ0v) is 11.1. The highest BCUT2D eigenvalue weighted by molar-refractivity contribution is 7.80. The molecule has 0 aliphatic rings. The Morgan fingerprint density at radius 2 is 1.44 bits per heavy atom. The maximum absolute atomic E-state index is 6.00. The summed E-state index contributed by atoms with van der Waals surface area (Å²) >= 11 is 16.4. The van der Waals surface area contributed by atoms with Crippen molar-refractivity contribution in [2.24, 2.45) is 0 Å². The topological polar surface area (TPSA) is 0 Å². The summed E-state index contributed by atoms with van der Waals surface area (Å²) in [6.45, 7) is 2.04. The number of thiol groups is 1. The molecule has 0 spiro atoms. The summed E-state index contributed by atoms with van der Waals surface area (Å²) in [6.07, 6.45) is 0. The van der Waals surface area contributed by atoms with Gasteiger partial charge in [-0.05, 0) is 53.9 Å². The minimum Gasteiger partial charge on any atom is -0.143 e. The van der Waals surface area contributed by atoms with Crippen LogP contribution >= 0.6 is 35.8 Å². The lowest BCUT2D eigenvalue weighted by Gasteiger charge is -2.09. The van der Waals surface area contributed by atoms with E-state index in [4.69, 9.17) is 23.2 Å². The Balaban J connectivity index is 2.66. The Kier molecular flexibility index (Phi) is 3.48. The fourth-order valence-electron chi connectivity index (χ4n) is 1.61. The number of benzene rings is 2. The second-order valence-corrected chi connectivity index (χ2v) is 4.98. The van der Waals surface area contributed by atoms with Crippen molar-refractivity contribution in [1.82, 2.24) is 0 Å². The van der Waals surface area contributed by atoms with Crippen molar-refractivity contribution in [1.29, 1.82) is 0 Å². The van der Waals surface area contributed by atoms with Crippen LogP contribution in [0.3, 0.4) is 0 Å². The van der Waals surface area contributed by atoms with E-state index in [2.05, 4.69) is 12.6 Å². The molecule has 0 N–H and O–H groups in total. The van der Waals surface area contributed by atoms with Crippen LogP contribution in [0.2, 0.25) is 10.0 Å². The van der Waals surface area contributed by atoms with Gasteiger partial charge in [-0.1, -0.05) is 29.3 Å². The molecule has 0 aliphatic heterocycles. The summed E-state index contributed by atoms with van der Waals surface area (Å²) in [4.78, 5) is 0.898. The van der Waals surface area contributed by atoms with Crippen LogP contribution in [0.1, 0.15) is 5.56 Å². The van der Waals surface area contributed by atoms with Gasteiger partial charge in [-0.25, -0.2) is 0 Å². The van der Waals surface area contributed by atoms with Crippen LogP contribution in [0.4, 0.5) is 0 Å². The van der Waals surface area contributed by atoms with Gasteiger partial charge in [-0.15, -0.1) is 12.6 Å². The predicted octanol–water partition coefficient (Wildman–Crippen LogP) is 5.26. The van der Waals surface area contributed by atoms with Gasteiger partial charge in [0.05, 0.1) is 0 Å². The zero-order valence-electron chi connectivity index (χ0n) is 8.67. The Morgan fingerprint density at radius 3 is 2.12 bits per heavy atom. The molecule has 0 heterocycles. The van der Waals surface area contributed by atoms with Crippen LogP contribution in [-0.4, -0.2) is 0 Å². The zero-order chi connectivity index (χ0) is 11.7. The lowest BCUT2D eigenvalue weighted by molar-refractivity contribution is 1.40. The van der Waals surface area contributed by atoms with Gasteiger partial charge >= 0.3 is 0 Å². The van der Waals surface area contributed by atoms with Crippen LogP contribution in [0.25, 0.3) is 11.1 Å². The van der Waals surface area contributed by atoms with Crippen LogP contribution in [-0.2, 0) is 0 Å². The van der Waals surface area contributed by atoms with Crippen molar-refractivity contribution in [3.63, 3.8) is 0 Å². The number of halogens is 2. The largest absolute Gasteiger partial charge is 0.143 e. The fraction of sp³-hybridized carbons (Fsp3) is 0.0769. The van der Waals surface area contributed by atoms with E-state index in [0.717, 1.165) is 21.6 Å². The molecule has 0 bridgehead atoms. The molecular formula is C13H10Cl2S. The Labute approximate surface area is 111 Å². The molecule has 3 heteroatoms. The molecule has 0 aliphatic carbocycles. The highest BCUT2D eigenvalue weighted by Crippen LogP contribution is 2.33. The SMILES string of the molecule is Cc1ccc(Cl)cc1-c1cc(Cl)ccc1S. The smallest absolute Gasteiger partial charge is 0.0412 e. The third-order valence-electron chi connectivity index (χ3n) is 2.45. The van der Waals surface area contributed by atoms with Crippen molar-refractivity contribution in [2.75, 3.05) is 0 Å². The second-order valence-electron chi connectivity index (χ2n) is 3.62. The lowest BCUT2D eigenvalue weighted by atomic mass is 10.0. The highest BCUT2D eigenvalue weighted by Gasteiger charge is 2.07. The Morgan fingerprint density at radius 1 is 0.875 bits per heavy atom. The third kappa shape index (κ3) is 2.37. The number of hydrogen-bond acceptors (Lipinski definition) is 1. The van der Waals surface area contributed by atoms with Crippen LogP contribution in [0, 0.1) is 6.92 Å². The van der Waals surface area contributed by atoms with E-state index in [9.17, 15) is 0 Å². The molecule has 0 saturated carbocycles.